The Morgan fingerprint density at radius 2 is 1.68 bits per heavy atom. The molecule has 3 rings (SSSR count). The van der Waals surface area contributed by atoms with Gasteiger partial charge in [-0.05, 0) is 66.9 Å². The van der Waals surface area contributed by atoms with Gasteiger partial charge in [0.25, 0.3) is 0 Å². The van der Waals surface area contributed by atoms with E-state index in [2.05, 4.69) is 42.6 Å². The summed E-state index contributed by atoms with van der Waals surface area (Å²) in [5.41, 5.74) is 8.22. The Hall–Kier alpha value is -2.76. The van der Waals surface area contributed by atoms with Gasteiger partial charge in [-0.25, -0.2) is 5.43 Å². The zero-order valence-electron chi connectivity index (χ0n) is 17.6. The number of thioether (sulfide) groups is 1. The maximum Gasteiger partial charge on any atom is 0.250 e. The van der Waals surface area contributed by atoms with E-state index in [0.29, 0.717) is 17.4 Å². The minimum absolute atomic E-state index is 0.117. The van der Waals surface area contributed by atoms with Gasteiger partial charge in [-0.15, -0.1) is 11.8 Å². The van der Waals surface area contributed by atoms with Crippen LogP contribution in [0.2, 0.25) is 5.02 Å². The number of carbonyl (C=O) groups excluding carboxylic acids is 1. The minimum atomic E-state index is -0.117. The molecule has 0 unspecified atom stereocenters. The van der Waals surface area contributed by atoms with E-state index in [4.69, 9.17) is 16.3 Å². The summed E-state index contributed by atoms with van der Waals surface area (Å²) in [5, 5.41) is 4.74. The Morgan fingerprint density at radius 1 is 1.00 bits per heavy atom. The maximum atomic E-state index is 12.0. The SMILES string of the molecule is Cc1cc(C)cc(CSCC(=O)N/N=C\c2ccc(OCc3ccc(Cl)cc3)cc2)c1. The van der Waals surface area contributed by atoms with Crippen LogP contribution in [0.1, 0.15) is 27.8 Å². The number of carbonyl (C=O) groups is 1. The monoisotopic (exact) mass is 452 g/mol. The minimum Gasteiger partial charge on any atom is -0.489 e. The molecule has 0 bridgehead atoms. The fourth-order valence-corrected chi connectivity index (χ4v) is 3.90. The van der Waals surface area contributed by atoms with E-state index < -0.39 is 0 Å². The second kappa shape index (κ2) is 11.6. The summed E-state index contributed by atoms with van der Waals surface area (Å²) >= 11 is 7.46. The number of hydrogen-bond acceptors (Lipinski definition) is 4. The standard InChI is InChI=1S/C25H25ClN2O2S/c1-18-11-19(2)13-22(12-18)16-31-17-25(29)28-27-14-20-5-9-24(10-6-20)30-15-21-3-7-23(26)8-4-21/h3-14H,15-17H2,1-2H3,(H,28,29)/b27-14-. The van der Waals surface area contributed by atoms with Crippen LogP contribution in [0.3, 0.4) is 0 Å². The maximum absolute atomic E-state index is 12.0. The lowest BCUT2D eigenvalue weighted by molar-refractivity contribution is -0.118. The lowest BCUT2D eigenvalue weighted by Gasteiger charge is -2.06. The topological polar surface area (TPSA) is 50.7 Å². The van der Waals surface area contributed by atoms with Crippen LogP contribution in [0.15, 0.2) is 71.8 Å². The molecular weight excluding hydrogens is 428 g/mol. The number of aryl methyl sites for hydroxylation is 2. The Labute approximate surface area is 192 Å². The number of ether oxygens (including phenoxy) is 1. The van der Waals surface area contributed by atoms with Crippen molar-refractivity contribution in [1.82, 2.24) is 5.43 Å². The largest absolute Gasteiger partial charge is 0.489 e. The molecule has 1 amide bonds. The first-order valence-corrected chi connectivity index (χ1v) is 11.5. The molecule has 0 radical (unpaired) electrons. The normalized spacial score (nSPS) is 10.9. The number of hydrogen-bond donors (Lipinski definition) is 1. The first kappa shape index (κ1) is 22.9. The van der Waals surface area contributed by atoms with Crippen LogP contribution in [-0.4, -0.2) is 17.9 Å². The van der Waals surface area contributed by atoms with Crippen LogP contribution in [0.5, 0.6) is 5.75 Å². The number of rotatable bonds is 9. The van der Waals surface area contributed by atoms with Crippen LogP contribution in [0, 0.1) is 13.8 Å². The highest BCUT2D eigenvalue weighted by Gasteiger charge is 2.02. The van der Waals surface area contributed by atoms with Crippen molar-refractivity contribution in [3.8, 4) is 5.75 Å². The van der Waals surface area contributed by atoms with Gasteiger partial charge in [-0.3, -0.25) is 4.79 Å². The van der Waals surface area contributed by atoms with E-state index >= 15 is 0 Å². The molecular formula is C25H25ClN2O2S. The Bertz CT molecular complexity index is 1010. The highest BCUT2D eigenvalue weighted by atomic mass is 35.5. The molecule has 3 aromatic carbocycles. The number of hydrazone groups is 1. The van der Waals surface area contributed by atoms with Crippen molar-refractivity contribution >= 4 is 35.5 Å². The Morgan fingerprint density at radius 3 is 2.35 bits per heavy atom. The van der Waals surface area contributed by atoms with Crippen molar-refractivity contribution in [3.63, 3.8) is 0 Å². The molecule has 4 nitrogen and oxygen atoms in total. The van der Waals surface area contributed by atoms with Crippen molar-refractivity contribution in [2.75, 3.05) is 5.75 Å². The number of benzene rings is 3. The molecule has 0 aliphatic heterocycles. The van der Waals surface area contributed by atoms with Gasteiger partial charge in [0.1, 0.15) is 12.4 Å². The van der Waals surface area contributed by atoms with E-state index in [1.165, 1.54) is 16.7 Å². The van der Waals surface area contributed by atoms with Crippen molar-refractivity contribution in [2.45, 2.75) is 26.2 Å². The van der Waals surface area contributed by atoms with E-state index in [-0.39, 0.29) is 5.91 Å². The molecule has 6 heteroatoms. The smallest absolute Gasteiger partial charge is 0.250 e. The van der Waals surface area contributed by atoms with Crippen molar-refractivity contribution in [2.24, 2.45) is 5.10 Å². The highest BCUT2D eigenvalue weighted by Crippen LogP contribution is 2.16. The van der Waals surface area contributed by atoms with E-state index in [9.17, 15) is 4.79 Å². The average Bonchev–Trinajstić information content (AvgIpc) is 2.74. The van der Waals surface area contributed by atoms with Crippen molar-refractivity contribution in [3.05, 3.63) is 99.6 Å². The Kier molecular flexibility index (Phi) is 8.56. The summed E-state index contributed by atoms with van der Waals surface area (Å²) < 4.78 is 5.76. The molecule has 0 atom stereocenters. The van der Waals surface area contributed by atoms with Crippen LogP contribution < -0.4 is 10.2 Å². The molecule has 0 aliphatic carbocycles. The zero-order chi connectivity index (χ0) is 22.1. The van der Waals surface area contributed by atoms with E-state index in [0.717, 1.165) is 22.6 Å². The fraction of sp³-hybridized carbons (Fsp3) is 0.200. The van der Waals surface area contributed by atoms with Crippen LogP contribution in [-0.2, 0) is 17.2 Å². The molecule has 0 aromatic heterocycles. The van der Waals surface area contributed by atoms with Gasteiger partial charge in [-0.2, -0.15) is 5.10 Å². The van der Waals surface area contributed by atoms with Crippen LogP contribution >= 0.6 is 23.4 Å². The summed E-state index contributed by atoms with van der Waals surface area (Å²) in [5.74, 6) is 1.81. The van der Waals surface area contributed by atoms with Crippen LogP contribution in [0.25, 0.3) is 0 Å². The van der Waals surface area contributed by atoms with Crippen molar-refractivity contribution in [1.29, 1.82) is 0 Å². The van der Waals surface area contributed by atoms with Gasteiger partial charge in [0.15, 0.2) is 0 Å². The second-order valence-corrected chi connectivity index (χ2v) is 8.69. The number of halogens is 1. The summed E-state index contributed by atoms with van der Waals surface area (Å²) in [6.07, 6.45) is 1.62. The van der Waals surface area contributed by atoms with Gasteiger partial charge in [0.05, 0.1) is 12.0 Å². The molecule has 0 spiro atoms. The number of amides is 1. The first-order valence-electron chi connectivity index (χ1n) is 9.92. The third kappa shape index (κ3) is 8.12. The quantitative estimate of drug-likeness (QED) is 0.324. The highest BCUT2D eigenvalue weighted by molar-refractivity contribution is 7.99. The van der Waals surface area contributed by atoms with Gasteiger partial charge in [0, 0.05) is 10.8 Å². The molecule has 0 saturated carbocycles. The second-order valence-electron chi connectivity index (χ2n) is 7.27. The molecule has 160 valence electrons. The summed E-state index contributed by atoms with van der Waals surface area (Å²) in [4.78, 5) is 12.0. The molecule has 0 saturated heterocycles. The molecule has 0 fully saturated rings. The molecule has 1 N–H and O–H groups in total. The fourth-order valence-electron chi connectivity index (χ4n) is 3.02. The lowest BCUT2D eigenvalue weighted by atomic mass is 10.1. The van der Waals surface area contributed by atoms with Gasteiger partial charge in [-0.1, -0.05) is 53.1 Å². The summed E-state index contributed by atoms with van der Waals surface area (Å²) in [6.45, 7) is 4.64. The third-order valence-electron chi connectivity index (χ3n) is 4.39. The van der Waals surface area contributed by atoms with E-state index in [1.807, 2.05) is 48.5 Å². The first-order chi connectivity index (χ1) is 15.0. The van der Waals surface area contributed by atoms with Gasteiger partial charge in [0.2, 0.25) is 5.91 Å². The predicted molar refractivity (Wildman–Crippen MR) is 130 cm³/mol. The zero-order valence-corrected chi connectivity index (χ0v) is 19.2. The van der Waals surface area contributed by atoms with Crippen LogP contribution in [0.4, 0.5) is 0 Å². The number of nitrogens with zero attached hydrogens (tertiary/aromatic N) is 1. The summed E-state index contributed by atoms with van der Waals surface area (Å²) in [6, 6.07) is 21.5. The van der Waals surface area contributed by atoms with Gasteiger partial charge >= 0.3 is 0 Å². The van der Waals surface area contributed by atoms with E-state index in [1.54, 1.807) is 18.0 Å². The summed E-state index contributed by atoms with van der Waals surface area (Å²) in [7, 11) is 0. The number of nitrogens with one attached hydrogen (secondary N) is 1. The molecule has 3 aromatic rings. The molecule has 0 heterocycles. The van der Waals surface area contributed by atoms with Gasteiger partial charge < -0.3 is 4.74 Å². The third-order valence-corrected chi connectivity index (χ3v) is 5.64. The molecule has 31 heavy (non-hydrogen) atoms. The Balaban J connectivity index is 1.38. The lowest BCUT2D eigenvalue weighted by Crippen LogP contribution is -2.19. The average molecular weight is 453 g/mol. The van der Waals surface area contributed by atoms with Crippen molar-refractivity contribution < 1.29 is 9.53 Å². The molecule has 0 aliphatic rings. The predicted octanol–water partition coefficient (Wildman–Crippen LogP) is 5.92.